The van der Waals surface area contributed by atoms with E-state index < -0.39 is 0 Å². The minimum absolute atomic E-state index is 0.187. The maximum absolute atomic E-state index is 14.0. The van der Waals surface area contributed by atoms with Crippen molar-refractivity contribution in [3.63, 3.8) is 0 Å². The van der Waals surface area contributed by atoms with Crippen molar-refractivity contribution in [1.82, 2.24) is 9.88 Å². The van der Waals surface area contributed by atoms with E-state index in [1.807, 2.05) is 4.90 Å². The summed E-state index contributed by atoms with van der Waals surface area (Å²) in [6.07, 6.45) is 8.90. The molecule has 1 unspecified atom stereocenters. The average Bonchev–Trinajstić information content (AvgIpc) is 3.13. The Morgan fingerprint density at radius 2 is 2.16 bits per heavy atom. The van der Waals surface area contributed by atoms with Gasteiger partial charge in [-0.25, -0.2) is 4.39 Å². The number of piperidine rings is 2. The molecule has 3 aliphatic rings. The van der Waals surface area contributed by atoms with E-state index in [9.17, 15) is 9.18 Å². The summed E-state index contributed by atoms with van der Waals surface area (Å²) < 4.78 is 19.7. The second-order valence-corrected chi connectivity index (χ2v) is 7.72. The van der Waals surface area contributed by atoms with E-state index in [4.69, 9.17) is 4.74 Å². The number of pyridine rings is 1. The van der Waals surface area contributed by atoms with Crippen LogP contribution >= 0.6 is 0 Å². The van der Waals surface area contributed by atoms with Crippen molar-refractivity contribution in [3.8, 4) is 0 Å². The highest BCUT2D eigenvalue weighted by molar-refractivity contribution is 5.77. The molecule has 0 radical (unpaired) electrons. The highest BCUT2D eigenvalue weighted by Gasteiger charge is 2.41. The van der Waals surface area contributed by atoms with Gasteiger partial charge in [0.15, 0.2) is 5.82 Å². The van der Waals surface area contributed by atoms with Crippen LogP contribution in [0.5, 0.6) is 0 Å². The Balaban J connectivity index is 1.39. The molecule has 25 heavy (non-hydrogen) atoms. The molecule has 0 N–H and O–H groups in total. The van der Waals surface area contributed by atoms with E-state index in [0.29, 0.717) is 12.1 Å². The van der Waals surface area contributed by atoms with Crippen LogP contribution in [0.2, 0.25) is 0 Å². The van der Waals surface area contributed by atoms with Crippen molar-refractivity contribution in [3.05, 3.63) is 24.3 Å². The summed E-state index contributed by atoms with van der Waals surface area (Å²) in [5.41, 5.74) is 0.833. The third-order valence-electron chi connectivity index (χ3n) is 6.11. The highest BCUT2D eigenvalue weighted by Crippen LogP contribution is 2.41. The molecule has 1 atom stereocenters. The van der Waals surface area contributed by atoms with Crippen LogP contribution in [0.15, 0.2) is 18.5 Å². The standard InChI is InChI=1S/C19H26FN3O2/c20-16-12-21-8-4-17(16)22-9-6-19(7-10-22)5-3-18(24)23(14-19)13-15-2-1-11-25-15/h4,8,12,15H,1-3,5-7,9-11,13-14H2. The Hall–Kier alpha value is -1.69. The fourth-order valence-corrected chi connectivity index (χ4v) is 4.56. The lowest BCUT2D eigenvalue weighted by molar-refractivity contribution is -0.140. The van der Waals surface area contributed by atoms with E-state index in [-0.39, 0.29) is 23.2 Å². The topological polar surface area (TPSA) is 45.7 Å². The Morgan fingerprint density at radius 1 is 1.32 bits per heavy atom. The van der Waals surface area contributed by atoms with Crippen LogP contribution in [0.1, 0.15) is 38.5 Å². The molecule has 1 aromatic rings. The van der Waals surface area contributed by atoms with Crippen LogP contribution < -0.4 is 4.90 Å². The number of hydrogen-bond acceptors (Lipinski definition) is 4. The predicted octanol–water partition coefficient (Wildman–Crippen LogP) is 2.61. The lowest BCUT2D eigenvalue weighted by atomic mass is 9.72. The molecule has 0 aliphatic carbocycles. The number of rotatable bonds is 3. The minimum atomic E-state index is -0.253. The van der Waals surface area contributed by atoms with Crippen molar-refractivity contribution < 1.29 is 13.9 Å². The fraction of sp³-hybridized carbons (Fsp3) is 0.684. The van der Waals surface area contributed by atoms with Gasteiger partial charge in [-0.05, 0) is 43.6 Å². The number of amides is 1. The maximum atomic E-state index is 14.0. The van der Waals surface area contributed by atoms with Gasteiger partial charge < -0.3 is 14.5 Å². The van der Waals surface area contributed by atoms with Gasteiger partial charge in [0.1, 0.15) is 0 Å². The predicted molar refractivity (Wildman–Crippen MR) is 92.9 cm³/mol. The van der Waals surface area contributed by atoms with Gasteiger partial charge in [-0.15, -0.1) is 0 Å². The maximum Gasteiger partial charge on any atom is 0.222 e. The van der Waals surface area contributed by atoms with Crippen LogP contribution in [0.3, 0.4) is 0 Å². The molecular formula is C19H26FN3O2. The number of anilines is 1. The van der Waals surface area contributed by atoms with Gasteiger partial charge in [0.05, 0.1) is 18.0 Å². The molecule has 1 aromatic heterocycles. The largest absolute Gasteiger partial charge is 0.376 e. The quantitative estimate of drug-likeness (QED) is 0.843. The van der Waals surface area contributed by atoms with Crippen LogP contribution in [0.4, 0.5) is 10.1 Å². The zero-order valence-corrected chi connectivity index (χ0v) is 14.6. The summed E-state index contributed by atoms with van der Waals surface area (Å²) in [5, 5.41) is 0. The number of carbonyl (C=O) groups excluding carboxylic acids is 1. The van der Waals surface area contributed by atoms with Gasteiger partial charge in [-0.1, -0.05) is 0 Å². The Bertz CT molecular complexity index is 625. The number of nitrogens with zero attached hydrogens (tertiary/aromatic N) is 3. The molecule has 0 saturated carbocycles. The second-order valence-electron chi connectivity index (χ2n) is 7.72. The van der Waals surface area contributed by atoms with Crippen molar-refractivity contribution in [2.24, 2.45) is 5.41 Å². The van der Waals surface area contributed by atoms with Gasteiger partial charge in [-0.3, -0.25) is 9.78 Å². The molecule has 3 saturated heterocycles. The van der Waals surface area contributed by atoms with E-state index >= 15 is 0 Å². The summed E-state index contributed by atoms with van der Waals surface area (Å²) >= 11 is 0. The lowest BCUT2D eigenvalue weighted by Gasteiger charge is -2.48. The minimum Gasteiger partial charge on any atom is -0.376 e. The summed E-state index contributed by atoms with van der Waals surface area (Å²) in [7, 11) is 0. The molecule has 3 fully saturated rings. The van der Waals surface area contributed by atoms with Gasteiger partial charge in [0, 0.05) is 45.4 Å². The van der Waals surface area contributed by atoms with Crippen LogP contribution in [0, 0.1) is 11.2 Å². The molecule has 3 aliphatic heterocycles. The monoisotopic (exact) mass is 347 g/mol. The zero-order chi connectivity index (χ0) is 17.3. The summed E-state index contributed by atoms with van der Waals surface area (Å²) in [6.45, 7) is 4.07. The molecule has 0 bridgehead atoms. The molecular weight excluding hydrogens is 321 g/mol. The number of halogens is 1. The average molecular weight is 347 g/mol. The van der Waals surface area contributed by atoms with Gasteiger partial charge in [-0.2, -0.15) is 0 Å². The van der Waals surface area contributed by atoms with Gasteiger partial charge >= 0.3 is 0 Å². The fourth-order valence-electron chi connectivity index (χ4n) is 4.56. The molecule has 1 spiro atoms. The third kappa shape index (κ3) is 3.50. The Labute approximate surface area is 148 Å². The number of aromatic nitrogens is 1. The summed E-state index contributed by atoms with van der Waals surface area (Å²) in [5.74, 6) is 0.0148. The molecule has 6 heteroatoms. The molecule has 4 heterocycles. The first-order chi connectivity index (χ1) is 12.2. The SMILES string of the molecule is O=C1CCC2(CCN(c3ccncc3F)CC2)CN1CC1CCCO1. The van der Waals surface area contributed by atoms with E-state index in [1.54, 1.807) is 12.3 Å². The van der Waals surface area contributed by atoms with E-state index in [0.717, 1.165) is 64.9 Å². The number of carbonyl (C=O) groups is 1. The highest BCUT2D eigenvalue weighted by atomic mass is 19.1. The van der Waals surface area contributed by atoms with Crippen LogP contribution in [-0.4, -0.2) is 54.7 Å². The van der Waals surface area contributed by atoms with Crippen molar-refractivity contribution in [2.75, 3.05) is 37.7 Å². The van der Waals surface area contributed by atoms with E-state index in [1.165, 1.54) is 6.20 Å². The number of hydrogen-bond donors (Lipinski definition) is 0. The molecule has 0 aromatic carbocycles. The number of ether oxygens (including phenoxy) is 1. The molecule has 5 nitrogen and oxygen atoms in total. The van der Waals surface area contributed by atoms with Crippen LogP contribution in [-0.2, 0) is 9.53 Å². The normalized spacial score (nSPS) is 26.4. The smallest absolute Gasteiger partial charge is 0.222 e. The first kappa shape index (κ1) is 16.8. The van der Waals surface area contributed by atoms with Crippen molar-refractivity contribution in [2.45, 2.75) is 44.6 Å². The van der Waals surface area contributed by atoms with Crippen molar-refractivity contribution in [1.29, 1.82) is 0 Å². The molecule has 136 valence electrons. The Kier molecular flexibility index (Phi) is 4.63. The number of likely N-dealkylation sites (tertiary alicyclic amines) is 1. The van der Waals surface area contributed by atoms with E-state index in [2.05, 4.69) is 9.88 Å². The van der Waals surface area contributed by atoms with Gasteiger partial charge in [0.25, 0.3) is 0 Å². The van der Waals surface area contributed by atoms with Crippen LogP contribution in [0.25, 0.3) is 0 Å². The lowest BCUT2D eigenvalue weighted by Crippen LogP contribution is -2.53. The molecule has 4 rings (SSSR count). The first-order valence-corrected chi connectivity index (χ1v) is 9.39. The summed E-state index contributed by atoms with van der Waals surface area (Å²) in [4.78, 5) is 20.3. The van der Waals surface area contributed by atoms with Gasteiger partial charge in [0.2, 0.25) is 5.91 Å². The first-order valence-electron chi connectivity index (χ1n) is 9.39. The Morgan fingerprint density at radius 3 is 2.88 bits per heavy atom. The third-order valence-corrected chi connectivity index (χ3v) is 6.11. The zero-order valence-electron chi connectivity index (χ0n) is 14.6. The summed E-state index contributed by atoms with van der Waals surface area (Å²) in [6, 6.07) is 1.75. The molecule has 1 amide bonds. The second kappa shape index (κ2) is 6.90. The van der Waals surface area contributed by atoms with Crippen molar-refractivity contribution >= 4 is 11.6 Å².